The van der Waals surface area contributed by atoms with Gasteiger partial charge in [0.2, 0.25) is 0 Å². The van der Waals surface area contributed by atoms with Gasteiger partial charge in [-0.3, -0.25) is 0 Å². The molecule has 0 fully saturated rings. The lowest BCUT2D eigenvalue weighted by Gasteiger charge is -2.13. The highest BCUT2D eigenvalue weighted by Crippen LogP contribution is 2.23. The van der Waals surface area contributed by atoms with Crippen LogP contribution in [-0.2, 0) is 0 Å². The molecule has 0 saturated carbocycles. The second kappa shape index (κ2) is 7.70. The van der Waals surface area contributed by atoms with E-state index in [1.165, 1.54) is 44.1 Å². The fourth-order valence-electron chi connectivity index (χ4n) is 2.02. The third-order valence-corrected chi connectivity index (χ3v) is 3.00. The van der Waals surface area contributed by atoms with Crippen LogP contribution in [0.3, 0.4) is 0 Å². The van der Waals surface area contributed by atoms with E-state index < -0.39 is 0 Å². The Hall–Kier alpha value is -0.560. The highest BCUT2D eigenvalue weighted by molar-refractivity contribution is 5.29. The molecule has 0 bridgehead atoms. The molecule has 1 rings (SSSR count). The fourth-order valence-corrected chi connectivity index (χ4v) is 2.02. The van der Waals surface area contributed by atoms with Gasteiger partial charge in [0.15, 0.2) is 0 Å². The van der Waals surface area contributed by atoms with Crippen molar-refractivity contribution in [3.05, 3.63) is 23.3 Å². The van der Waals surface area contributed by atoms with Crippen molar-refractivity contribution in [2.45, 2.75) is 52.4 Å². The molecule has 1 aliphatic carbocycles. The summed E-state index contributed by atoms with van der Waals surface area (Å²) in [5.41, 5.74) is 3.10. The summed E-state index contributed by atoms with van der Waals surface area (Å²) in [6.07, 6.45) is 12.6. The van der Waals surface area contributed by atoms with Gasteiger partial charge in [-0.15, -0.1) is 0 Å². The lowest BCUT2D eigenvalue weighted by molar-refractivity contribution is 0.675. The summed E-state index contributed by atoms with van der Waals surface area (Å²) in [5, 5.41) is 3.43. The maximum Gasteiger partial charge on any atom is -0.00141 e. The third kappa shape index (κ3) is 5.17. The highest BCUT2D eigenvalue weighted by atomic mass is 14.8. The number of nitrogens with one attached hydrogen (secondary N) is 1. The summed E-state index contributed by atoms with van der Waals surface area (Å²) in [7, 11) is 0. The van der Waals surface area contributed by atoms with Gasteiger partial charge in [-0.2, -0.15) is 0 Å². The molecule has 0 aromatic heterocycles. The van der Waals surface area contributed by atoms with Crippen molar-refractivity contribution in [1.29, 1.82) is 0 Å². The maximum atomic E-state index is 3.43. The zero-order valence-electron chi connectivity index (χ0n) is 10.3. The number of allylic oxidation sites excluding steroid dienone is 3. The van der Waals surface area contributed by atoms with Gasteiger partial charge in [0, 0.05) is 0 Å². The van der Waals surface area contributed by atoms with Crippen molar-refractivity contribution in [3.63, 3.8) is 0 Å². The SMILES string of the molecule is CCCNCC/C=C(/C)C1=CCCCC1. The van der Waals surface area contributed by atoms with Crippen LogP contribution in [0.1, 0.15) is 52.4 Å². The van der Waals surface area contributed by atoms with Crippen LogP contribution in [0.5, 0.6) is 0 Å². The van der Waals surface area contributed by atoms with Crippen LogP contribution in [0, 0.1) is 0 Å². The van der Waals surface area contributed by atoms with Crippen molar-refractivity contribution in [3.8, 4) is 0 Å². The lowest BCUT2D eigenvalue weighted by Crippen LogP contribution is -2.15. The van der Waals surface area contributed by atoms with E-state index in [1.807, 2.05) is 0 Å². The number of hydrogen-bond donors (Lipinski definition) is 1. The van der Waals surface area contributed by atoms with Crippen LogP contribution < -0.4 is 5.32 Å². The van der Waals surface area contributed by atoms with Crippen molar-refractivity contribution in [2.75, 3.05) is 13.1 Å². The first kappa shape index (κ1) is 12.5. The number of hydrogen-bond acceptors (Lipinski definition) is 1. The summed E-state index contributed by atoms with van der Waals surface area (Å²) < 4.78 is 0. The third-order valence-electron chi connectivity index (χ3n) is 3.00. The van der Waals surface area contributed by atoms with Gasteiger partial charge >= 0.3 is 0 Å². The maximum absolute atomic E-state index is 3.43. The molecule has 1 nitrogen and oxygen atoms in total. The number of rotatable bonds is 6. The standard InChI is InChI=1S/C14H25N/c1-3-11-15-12-7-8-13(2)14-9-5-4-6-10-14/h8-9,15H,3-7,10-12H2,1-2H3/b13-8-. The second-order valence-electron chi connectivity index (χ2n) is 4.40. The zero-order chi connectivity index (χ0) is 10.9. The fraction of sp³-hybridized carbons (Fsp3) is 0.714. The normalized spacial score (nSPS) is 17.7. The molecular formula is C14H25N. The van der Waals surface area contributed by atoms with E-state index in [2.05, 4.69) is 31.3 Å². The Labute approximate surface area is 94.6 Å². The molecular weight excluding hydrogens is 182 g/mol. The lowest BCUT2D eigenvalue weighted by atomic mass is 9.94. The van der Waals surface area contributed by atoms with Gasteiger partial charge in [0.25, 0.3) is 0 Å². The first-order valence-electron chi connectivity index (χ1n) is 6.41. The Morgan fingerprint density at radius 3 is 2.93 bits per heavy atom. The van der Waals surface area contributed by atoms with Crippen LogP contribution in [0.4, 0.5) is 0 Å². The van der Waals surface area contributed by atoms with Crippen LogP contribution in [-0.4, -0.2) is 13.1 Å². The molecule has 0 heterocycles. The minimum absolute atomic E-state index is 1.12. The predicted molar refractivity (Wildman–Crippen MR) is 68.1 cm³/mol. The van der Waals surface area contributed by atoms with E-state index in [0.29, 0.717) is 0 Å². The summed E-state index contributed by atoms with van der Waals surface area (Å²) in [6, 6.07) is 0. The van der Waals surface area contributed by atoms with Crippen LogP contribution in [0.15, 0.2) is 23.3 Å². The van der Waals surface area contributed by atoms with Gasteiger partial charge in [-0.05, 0) is 64.1 Å². The summed E-state index contributed by atoms with van der Waals surface area (Å²) in [6.45, 7) is 6.74. The Morgan fingerprint density at radius 2 is 2.27 bits per heavy atom. The molecule has 15 heavy (non-hydrogen) atoms. The molecule has 0 amide bonds. The minimum atomic E-state index is 1.12. The van der Waals surface area contributed by atoms with Crippen LogP contribution >= 0.6 is 0 Å². The molecule has 86 valence electrons. The van der Waals surface area contributed by atoms with E-state index in [0.717, 1.165) is 13.1 Å². The molecule has 0 unspecified atom stereocenters. The average molecular weight is 207 g/mol. The van der Waals surface area contributed by atoms with Gasteiger partial charge in [-0.1, -0.05) is 24.6 Å². The van der Waals surface area contributed by atoms with E-state index in [4.69, 9.17) is 0 Å². The highest BCUT2D eigenvalue weighted by Gasteiger charge is 2.04. The molecule has 0 atom stereocenters. The first-order valence-corrected chi connectivity index (χ1v) is 6.41. The van der Waals surface area contributed by atoms with Crippen LogP contribution in [0.25, 0.3) is 0 Å². The molecule has 0 aliphatic heterocycles. The summed E-state index contributed by atoms with van der Waals surface area (Å²) in [4.78, 5) is 0. The minimum Gasteiger partial charge on any atom is -0.316 e. The smallest absolute Gasteiger partial charge is 0.00141 e. The molecule has 1 N–H and O–H groups in total. The van der Waals surface area contributed by atoms with E-state index in [9.17, 15) is 0 Å². The molecule has 0 radical (unpaired) electrons. The first-order chi connectivity index (χ1) is 7.34. The van der Waals surface area contributed by atoms with Gasteiger partial charge < -0.3 is 5.32 Å². The van der Waals surface area contributed by atoms with E-state index >= 15 is 0 Å². The Bertz CT molecular complexity index is 225. The average Bonchev–Trinajstić information content (AvgIpc) is 2.30. The van der Waals surface area contributed by atoms with Crippen LogP contribution in [0.2, 0.25) is 0 Å². The van der Waals surface area contributed by atoms with Crippen molar-refractivity contribution in [2.24, 2.45) is 0 Å². The van der Waals surface area contributed by atoms with Crippen molar-refractivity contribution < 1.29 is 0 Å². The van der Waals surface area contributed by atoms with Gasteiger partial charge in [0.1, 0.15) is 0 Å². The van der Waals surface area contributed by atoms with Crippen molar-refractivity contribution in [1.82, 2.24) is 5.32 Å². The van der Waals surface area contributed by atoms with E-state index in [1.54, 1.807) is 5.57 Å². The Kier molecular flexibility index (Phi) is 6.42. The second-order valence-corrected chi connectivity index (χ2v) is 4.40. The quantitative estimate of drug-likeness (QED) is 0.653. The van der Waals surface area contributed by atoms with Gasteiger partial charge in [-0.25, -0.2) is 0 Å². The van der Waals surface area contributed by atoms with Gasteiger partial charge in [0.05, 0.1) is 0 Å². The molecule has 0 aromatic rings. The summed E-state index contributed by atoms with van der Waals surface area (Å²) in [5.74, 6) is 0. The summed E-state index contributed by atoms with van der Waals surface area (Å²) >= 11 is 0. The monoisotopic (exact) mass is 207 g/mol. The molecule has 0 saturated heterocycles. The molecule has 0 aromatic carbocycles. The predicted octanol–water partition coefficient (Wildman–Crippen LogP) is 3.82. The van der Waals surface area contributed by atoms with Crippen molar-refractivity contribution >= 4 is 0 Å². The largest absolute Gasteiger partial charge is 0.316 e. The molecule has 1 heteroatoms. The topological polar surface area (TPSA) is 12.0 Å². The Morgan fingerprint density at radius 1 is 1.40 bits per heavy atom. The molecule has 1 aliphatic rings. The zero-order valence-corrected chi connectivity index (χ0v) is 10.3. The van der Waals surface area contributed by atoms with E-state index in [-0.39, 0.29) is 0 Å². The molecule has 0 spiro atoms. The Balaban J connectivity index is 2.22.